The summed E-state index contributed by atoms with van der Waals surface area (Å²) in [6.45, 7) is 0. The molecule has 8 heteroatoms. The molecule has 0 fully saturated rings. The highest BCUT2D eigenvalue weighted by Gasteiger charge is 2.11. The Bertz CT molecular complexity index is 870. The second kappa shape index (κ2) is 7.50. The van der Waals surface area contributed by atoms with Gasteiger partial charge in [0.2, 0.25) is 5.13 Å². The van der Waals surface area contributed by atoms with E-state index in [0.717, 1.165) is 11.6 Å². The molecule has 1 N–H and O–H groups in total. The molecule has 0 bridgehead atoms. The lowest BCUT2D eigenvalue weighted by Gasteiger charge is -2.00. The lowest BCUT2D eigenvalue weighted by molar-refractivity contribution is 0.102. The van der Waals surface area contributed by atoms with Crippen LogP contribution in [0, 0.1) is 11.6 Å². The molecule has 3 aromatic rings. The van der Waals surface area contributed by atoms with Crippen molar-refractivity contribution in [3.05, 3.63) is 71.3 Å². The largest absolute Gasteiger partial charge is 0.296 e. The minimum atomic E-state index is -0.480. The maximum absolute atomic E-state index is 13.1. The number of benzene rings is 2. The van der Waals surface area contributed by atoms with Gasteiger partial charge in [-0.25, -0.2) is 8.78 Å². The fraction of sp³-hybridized carbons (Fsp3) is 0.0625. The average molecular weight is 363 g/mol. The predicted octanol–water partition coefficient (Wildman–Crippen LogP) is 4.36. The Morgan fingerprint density at radius 2 is 1.83 bits per heavy atom. The van der Waals surface area contributed by atoms with Crippen molar-refractivity contribution < 1.29 is 13.6 Å². The number of nitrogens with one attached hydrogen (secondary N) is 1. The number of carbonyl (C=O) groups excluding carboxylic acids is 1. The fourth-order valence-electron chi connectivity index (χ4n) is 1.89. The fourth-order valence-corrected chi connectivity index (χ4v) is 3.58. The maximum Gasteiger partial charge on any atom is 0.257 e. The zero-order valence-corrected chi connectivity index (χ0v) is 13.8. The summed E-state index contributed by atoms with van der Waals surface area (Å²) in [5.74, 6) is -0.670. The molecule has 4 nitrogen and oxygen atoms in total. The summed E-state index contributed by atoms with van der Waals surface area (Å²) >= 11 is 2.60. The van der Waals surface area contributed by atoms with Crippen molar-refractivity contribution in [2.75, 3.05) is 5.32 Å². The van der Waals surface area contributed by atoms with E-state index in [1.54, 1.807) is 6.07 Å². The van der Waals surface area contributed by atoms with Gasteiger partial charge >= 0.3 is 0 Å². The molecule has 24 heavy (non-hydrogen) atoms. The molecule has 0 aliphatic heterocycles. The van der Waals surface area contributed by atoms with E-state index in [2.05, 4.69) is 15.5 Å². The quantitative estimate of drug-likeness (QED) is 0.540. The molecule has 1 aromatic heterocycles. The summed E-state index contributed by atoms with van der Waals surface area (Å²) in [7, 11) is 0. The maximum atomic E-state index is 13.1. The van der Waals surface area contributed by atoms with Crippen LogP contribution in [0.25, 0.3) is 0 Å². The molecular formula is C16H11F2N3OS2. The number of hydrogen-bond acceptors (Lipinski definition) is 5. The van der Waals surface area contributed by atoms with Gasteiger partial charge < -0.3 is 0 Å². The second-order valence-electron chi connectivity index (χ2n) is 4.76. The van der Waals surface area contributed by atoms with Crippen molar-refractivity contribution in [1.82, 2.24) is 10.2 Å². The summed E-state index contributed by atoms with van der Waals surface area (Å²) in [6.07, 6.45) is 0. The predicted molar refractivity (Wildman–Crippen MR) is 90.2 cm³/mol. The van der Waals surface area contributed by atoms with Crippen molar-refractivity contribution in [1.29, 1.82) is 0 Å². The summed E-state index contributed by atoms with van der Waals surface area (Å²) in [6, 6.07) is 11.7. The Morgan fingerprint density at radius 1 is 1.08 bits per heavy atom. The molecule has 1 heterocycles. The van der Waals surface area contributed by atoms with Crippen LogP contribution >= 0.6 is 23.1 Å². The van der Waals surface area contributed by atoms with Gasteiger partial charge in [0.05, 0.1) is 0 Å². The van der Waals surface area contributed by atoms with Crippen LogP contribution in [-0.4, -0.2) is 16.1 Å². The van der Waals surface area contributed by atoms with Gasteiger partial charge in [0, 0.05) is 11.3 Å². The number of anilines is 1. The smallest absolute Gasteiger partial charge is 0.257 e. The van der Waals surface area contributed by atoms with Crippen LogP contribution in [0.15, 0.2) is 52.9 Å². The van der Waals surface area contributed by atoms with Gasteiger partial charge in [0.25, 0.3) is 5.91 Å². The van der Waals surface area contributed by atoms with E-state index in [1.807, 2.05) is 6.07 Å². The molecule has 3 rings (SSSR count). The number of amides is 1. The summed E-state index contributed by atoms with van der Waals surface area (Å²) in [5, 5.41) is 10.8. The molecule has 0 spiro atoms. The van der Waals surface area contributed by atoms with Gasteiger partial charge in [-0.1, -0.05) is 41.3 Å². The summed E-state index contributed by atoms with van der Waals surface area (Å²) < 4.78 is 26.9. The standard InChI is InChI=1S/C16H11F2N3OS2/c17-12-5-1-3-10(7-12)9-23-16-21-20-15(24-16)19-14(22)11-4-2-6-13(18)8-11/h1-8H,9H2,(H,19,20,22). The van der Waals surface area contributed by atoms with Crippen molar-refractivity contribution in [3.8, 4) is 0 Å². The SMILES string of the molecule is O=C(Nc1nnc(SCc2cccc(F)c2)s1)c1cccc(F)c1. The number of rotatable bonds is 5. The number of halogens is 2. The lowest BCUT2D eigenvalue weighted by atomic mass is 10.2. The van der Waals surface area contributed by atoms with E-state index in [9.17, 15) is 13.6 Å². The minimum Gasteiger partial charge on any atom is -0.296 e. The molecule has 0 unspecified atom stereocenters. The molecular weight excluding hydrogens is 352 g/mol. The Labute approximate surface area is 144 Å². The third-order valence-electron chi connectivity index (χ3n) is 2.97. The second-order valence-corrected chi connectivity index (χ2v) is 6.96. The number of thioether (sulfide) groups is 1. The lowest BCUT2D eigenvalue weighted by Crippen LogP contribution is -2.11. The highest BCUT2D eigenvalue weighted by Crippen LogP contribution is 2.28. The van der Waals surface area contributed by atoms with Gasteiger partial charge in [-0.15, -0.1) is 10.2 Å². The van der Waals surface area contributed by atoms with Crippen LogP contribution in [0.5, 0.6) is 0 Å². The Kier molecular flexibility index (Phi) is 5.17. The molecule has 0 aliphatic carbocycles. The molecule has 0 aliphatic rings. The number of carbonyl (C=O) groups is 1. The Balaban J connectivity index is 1.60. The number of nitrogens with zero attached hydrogens (tertiary/aromatic N) is 2. The van der Waals surface area contributed by atoms with E-state index in [1.165, 1.54) is 53.4 Å². The number of hydrogen-bond donors (Lipinski definition) is 1. The van der Waals surface area contributed by atoms with Gasteiger partial charge in [0.1, 0.15) is 11.6 Å². The van der Waals surface area contributed by atoms with Crippen LogP contribution < -0.4 is 5.32 Å². The average Bonchev–Trinajstić information content (AvgIpc) is 3.00. The highest BCUT2D eigenvalue weighted by molar-refractivity contribution is 8.00. The summed E-state index contributed by atoms with van der Waals surface area (Å²) in [4.78, 5) is 12.0. The summed E-state index contributed by atoms with van der Waals surface area (Å²) in [5.41, 5.74) is 1.04. The normalized spacial score (nSPS) is 10.6. The minimum absolute atomic E-state index is 0.208. The van der Waals surface area contributed by atoms with Gasteiger partial charge in [-0.05, 0) is 35.9 Å². The van der Waals surface area contributed by atoms with Crippen LogP contribution in [0.2, 0.25) is 0 Å². The monoisotopic (exact) mass is 363 g/mol. The Hall–Kier alpha value is -2.32. The van der Waals surface area contributed by atoms with Crippen molar-refractivity contribution in [2.45, 2.75) is 10.1 Å². The molecule has 0 radical (unpaired) electrons. The molecule has 122 valence electrons. The molecule has 0 atom stereocenters. The first kappa shape index (κ1) is 16.5. The molecule has 0 saturated carbocycles. The Morgan fingerprint density at radius 3 is 2.58 bits per heavy atom. The topological polar surface area (TPSA) is 54.9 Å². The first-order valence-electron chi connectivity index (χ1n) is 6.88. The van der Waals surface area contributed by atoms with E-state index in [0.29, 0.717) is 15.2 Å². The van der Waals surface area contributed by atoms with Crippen LogP contribution in [-0.2, 0) is 5.75 Å². The van der Waals surface area contributed by atoms with Crippen molar-refractivity contribution in [3.63, 3.8) is 0 Å². The van der Waals surface area contributed by atoms with E-state index < -0.39 is 11.7 Å². The zero-order valence-electron chi connectivity index (χ0n) is 12.2. The van der Waals surface area contributed by atoms with Gasteiger partial charge in [-0.3, -0.25) is 10.1 Å². The van der Waals surface area contributed by atoms with E-state index in [-0.39, 0.29) is 11.4 Å². The molecule has 2 aromatic carbocycles. The van der Waals surface area contributed by atoms with E-state index >= 15 is 0 Å². The van der Waals surface area contributed by atoms with Gasteiger partial charge in [-0.2, -0.15) is 0 Å². The van der Waals surface area contributed by atoms with Crippen LogP contribution in [0.3, 0.4) is 0 Å². The zero-order chi connectivity index (χ0) is 16.9. The van der Waals surface area contributed by atoms with Crippen LogP contribution in [0.1, 0.15) is 15.9 Å². The van der Waals surface area contributed by atoms with E-state index in [4.69, 9.17) is 0 Å². The highest BCUT2D eigenvalue weighted by atomic mass is 32.2. The third-order valence-corrected chi connectivity index (χ3v) is 5.01. The van der Waals surface area contributed by atoms with Crippen molar-refractivity contribution >= 4 is 34.1 Å². The number of aromatic nitrogens is 2. The molecule has 0 saturated heterocycles. The first-order chi connectivity index (χ1) is 11.6. The van der Waals surface area contributed by atoms with Gasteiger partial charge in [0.15, 0.2) is 4.34 Å². The molecule has 1 amide bonds. The first-order valence-corrected chi connectivity index (χ1v) is 8.68. The van der Waals surface area contributed by atoms with Crippen LogP contribution in [0.4, 0.5) is 13.9 Å². The third kappa shape index (κ3) is 4.36. The van der Waals surface area contributed by atoms with Crippen molar-refractivity contribution in [2.24, 2.45) is 0 Å².